The molecule has 0 amide bonds. The molecule has 5 nitrogen and oxygen atoms in total. The number of carbonyl (C=O) groups excluding carboxylic acids is 1. The number of aromatic nitrogens is 2. The highest BCUT2D eigenvalue weighted by Gasteiger charge is 2.32. The van der Waals surface area contributed by atoms with Crippen molar-refractivity contribution < 1.29 is 13.9 Å². The molecule has 3 N–H and O–H groups in total. The van der Waals surface area contributed by atoms with Gasteiger partial charge < -0.3 is 15.5 Å². The lowest BCUT2D eigenvalue weighted by molar-refractivity contribution is 0.0250. The maximum atomic E-state index is 15.2. The van der Waals surface area contributed by atoms with Gasteiger partial charge in [-0.3, -0.25) is 4.79 Å². The number of rotatable bonds is 5. The molecule has 1 aromatic carbocycles. The number of nitrogen functional groups attached to an aromatic ring is 1. The maximum Gasteiger partial charge on any atom is 0.164 e. The maximum absolute atomic E-state index is 15.2. The Kier molecular flexibility index (Phi) is 4.44. The van der Waals surface area contributed by atoms with Gasteiger partial charge in [-0.1, -0.05) is 19.1 Å². The number of ketones is 1. The average molecular weight is 367 g/mol. The number of hydrogen-bond donors (Lipinski definition) is 2. The zero-order valence-corrected chi connectivity index (χ0v) is 15.4. The van der Waals surface area contributed by atoms with E-state index in [9.17, 15) is 4.79 Å². The first-order valence-electron chi connectivity index (χ1n) is 9.15. The first kappa shape index (κ1) is 17.7. The van der Waals surface area contributed by atoms with Gasteiger partial charge in [-0.25, -0.2) is 9.37 Å². The third kappa shape index (κ3) is 2.90. The van der Waals surface area contributed by atoms with E-state index >= 15 is 4.39 Å². The van der Waals surface area contributed by atoms with Crippen LogP contribution in [0.3, 0.4) is 0 Å². The van der Waals surface area contributed by atoms with E-state index in [1.165, 1.54) is 6.20 Å². The molecule has 1 saturated carbocycles. The number of methoxy groups -OCH3 is 1. The second-order valence-corrected chi connectivity index (χ2v) is 7.04. The highest BCUT2D eigenvalue weighted by atomic mass is 19.1. The fourth-order valence-corrected chi connectivity index (χ4v) is 3.78. The number of nitrogens with two attached hydrogens (primary N) is 1. The minimum Gasteiger partial charge on any atom is -0.382 e. The summed E-state index contributed by atoms with van der Waals surface area (Å²) >= 11 is 0. The van der Waals surface area contributed by atoms with Crippen LogP contribution >= 0.6 is 0 Å². The van der Waals surface area contributed by atoms with Crippen LogP contribution in [0.5, 0.6) is 0 Å². The quantitative estimate of drug-likeness (QED) is 0.654. The largest absolute Gasteiger partial charge is 0.382 e. The summed E-state index contributed by atoms with van der Waals surface area (Å²) in [5, 5.41) is 0.678. The monoisotopic (exact) mass is 367 g/mol. The molecule has 2 aromatic heterocycles. The van der Waals surface area contributed by atoms with Crippen LogP contribution in [0.2, 0.25) is 0 Å². The zero-order chi connectivity index (χ0) is 19.1. The van der Waals surface area contributed by atoms with Gasteiger partial charge >= 0.3 is 0 Å². The SMILES string of the molecule is CCC(=O)c1cnc(N)c2[nH]c(-c3cccc(C4CC(OC)C4)c3F)cc12. The average Bonchev–Trinajstić information content (AvgIpc) is 3.08. The third-order valence-corrected chi connectivity index (χ3v) is 5.50. The van der Waals surface area contributed by atoms with E-state index in [0.717, 1.165) is 12.8 Å². The van der Waals surface area contributed by atoms with Crippen LogP contribution in [0.15, 0.2) is 30.5 Å². The van der Waals surface area contributed by atoms with E-state index in [0.29, 0.717) is 45.5 Å². The summed E-state index contributed by atoms with van der Waals surface area (Å²) in [4.78, 5) is 19.5. The number of fused-ring (bicyclic) bond motifs is 1. The van der Waals surface area contributed by atoms with Crippen molar-refractivity contribution in [1.29, 1.82) is 0 Å². The fraction of sp³-hybridized carbons (Fsp3) is 0.333. The van der Waals surface area contributed by atoms with Crippen LogP contribution < -0.4 is 5.73 Å². The highest BCUT2D eigenvalue weighted by Crippen LogP contribution is 2.41. The van der Waals surface area contributed by atoms with Gasteiger partial charge in [-0.05, 0) is 36.5 Å². The van der Waals surface area contributed by atoms with E-state index < -0.39 is 0 Å². The predicted molar refractivity (Wildman–Crippen MR) is 103 cm³/mol. The molecule has 3 aromatic rings. The van der Waals surface area contributed by atoms with Gasteiger partial charge in [-0.15, -0.1) is 0 Å². The number of ether oxygens (including phenoxy) is 1. The van der Waals surface area contributed by atoms with E-state index in [4.69, 9.17) is 10.5 Å². The van der Waals surface area contributed by atoms with Crippen molar-refractivity contribution in [2.45, 2.75) is 38.2 Å². The van der Waals surface area contributed by atoms with Crippen molar-refractivity contribution in [1.82, 2.24) is 9.97 Å². The first-order chi connectivity index (χ1) is 13.0. The zero-order valence-electron chi connectivity index (χ0n) is 15.4. The van der Waals surface area contributed by atoms with E-state index in [-0.39, 0.29) is 23.6 Å². The molecule has 1 aliphatic rings. The molecule has 0 atom stereocenters. The van der Waals surface area contributed by atoms with Crippen LogP contribution in [0.25, 0.3) is 22.2 Å². The first-order valence-corrected chi connectivity index (χ1v) is 9.15. The second kappa shape index (κ2) is 6.78. The molecular weight excluding hydrogens is 345 g/mol. The standard InChI is InChI=1S/C21H22FN3O2/c1-3-18(26)16-10-24-21(23)20-15(16)9-17(25-20)14-6-4-5-13(19(14)22)11-7-12(8-11)27-2/h4-6,9-12,25H,3,7-8H2,1-2H3,(H2,23,24). The number of halogens is 1. The van der Waals surface area contributed by atoms with E-state index in [2.05, 4.69) is 9.97 Å². The Morgan fingerprint density at radius 2 is 2.19 bits per heavy atom. The van der Waals surface area contributed by atoms with Crippen LogP contribution in [0, 0.1) is 5.82 Å². The Hall–Kier alpha value is -2.73. The Morgan fingerprint density at radius 1 is 1.41 bits per heavy atom. The molecular formula is C21H22FN3O2. The molecule has 1 fully saturated rings. The van der Waals surface area contributed by atoms with Gasteiger partial charge in [-0.2, -0.15) is 0 Å². The Balaban J connectivity index is 1.79. The van der Waals surface area contributed by atoms with Crippen molar-refractivity contribution >= 4 is 22.5 Å². The minimum atomic E-state index is -0.237. The molecule has 27 heavy (non-hydrogen) atoms. The molecule has 1 aliphatic carbocycles. The number of carbonyl (C=O) groups is 1. The van der Waals surface area contributed by atoms with Gasteiger partial charge in [0.1, 0.15) is 11.6 Å². The third-order valence-electron chi connectivity index (χ3n) is 5.50. The van der Waals surface area contributed by atoms with Gasteiger partial charge in [0, 0.05) is 41.9 Å². The molecule has 140 valence electrons. The van der Waals surface area contributed by atoms with Gasteiger partial charge in [0.25, 0.3) is 0 Å². The van der Waals surface area contributed by atoms with Crippen molar-refractivity contribution in [3.8, 4) is 11.3 Å². The second-order valence-electron chi connectivity index (χ2n) is 7.04. The lowest BCUT2D eigenvalue weighted by atomic mass is 9.77. The summed E-state index contributed by atoms with van der Waals surface area (Å²) in [6.07, 6.45) is 3.73. The van der Waals surface area contributed by atoms with Gasteiger partial charge in [0.05, 0.1) is 11.6 Å². The van der Waals surface area contributed by atoms with E-state index in [1.54, 1.807) is 26.2 Å². The Labute approximate surface area is 156 Å². The molecule has 0 radical (unpaired) electrons. The number of aromatic amines is 1. The number of hydrogen-bond acceptors (Lipinski definition) is 4. The molecule has 0 unspecified atom stereocenters. The molecule has 0 bridgehead atoms. The van der Waals surface area contributed by atoms with Crippen molar-refractivity contribution in [3.63, 3.8) is 0 Å². The van der Waals surface area contributed by atoms with Crippen molar-refractivity contribution in [3.05, 3.63) is 47.4 Å². The van der Waals surface area contributed by atoms with E-state index in [1.807, 2.05) is 12.1 Å². The number of pyridine rings is 1. The van der Waals surface area contributed by atoms with Crippen LogP contribution in [0.1, 0.15) is 48.0 Å². The lowest BCUT2D eigenvalue weighted by Crippen LogP contribution is -2.29. The fourth-order valence-electron chi connectivity index (χ4n) is 3.78. The normalized spacial score (nSPS) is 19.2. The Bertz CT molecular complexity index is 1020. The molecule has 6 heteroatoms. The number of H-pyrrole nitrogens is 1. The lowest BCUT2D eigenvalue weighted by Gasteiger charge is -2.34. The summed E-state index contributed by atoms with van der Waals surface area (Å²) < 4.78 is 20.6. The summed E-state index contributed by atoms with van der Waals surface area (Å²) in [5.41, 5.74) is 8.81. The number of benzene rings is 1. The molecule has 0 aliphatic heterocycles. The van der Waals surface area contributed by atoms with Gasteiger partial charge in [0.15, 0.2) is 5.78 Å². The number of nitrogens with zero attached hydrogens (tertiary/aromatic N) is 1. The smallest absolute Gasteiger partial charge is 0.164 e. The molecule has 0 spiro atoms. The summed E-state index contributed by atoms with van der Waals surface area (Å²) in [5.74, 6) is 0.205. The summed E-state index contributed by atoms with van der Waals surface area (Å²) in [6, 6.07) is 7.22. The highest BCUT2D eigenvalue weighted by molar-refractivity contribution is 6.10. The molecule has 2 heterocycles. The van der Waals surface area contributed by atoms with Gasteiger partial charge in [0.2, 0.25) is 0 Å². The predicted octanol–water partition coefficient (Wildman–Crippen LogP) is 4.44. The van der Waals surface area contributed by atoms with Crippen LogP contribution in [0.4, 0.5) is 10.2 Å². The Morgan fingerprint density at radius 3 is 2.89 bits per heavy atom. The van der Waals surface area contributed by atoms with Crippen LogP contribution in [-0.4, -0.2) is 29.0 Å². The molecule has 0 saturated heterocycles. The number of nitrogens with one attached hydrogen (secondary N) is 1. The van der Waals surface area contributed by atoms with Crippen molar-refractivity contribution in [2.24, 2.45) is 0 Å². The number of Topliss-reactive ketones (excluding diaryl/α,β-unsaturated/α-hetero) is 1. The summed E-state index contributed by atoms with van der Waals surface area (Å²) in [6.45, 7) is 1.80. The number of anilines is 1. The summed E-state index contributed by atoms with van der Waals surface area (Å²) in [7, 11) is 1.69. The minimum absolute atomic E-state index is 0.0210. The van der Waals surface area contributed by atoms with Crippen molar-refractivity contribution in [2.75, 3.05) is 12.8 Å². The molecule has 4 rings (SSSR count). The van der Waals surface area contributed by atoms with Crippen LogP contribution in [-0.2, 0) is 4.74 Å². The topological polar surface area (TPSA) is 81.0 Å².